The fraction of sp³-hybridized carbons (Fsp3) is 0.611. The van der Waals surface area contributed by atoms with Crippen LogP contribution in [0, 0.1) is 13.8 Å². The molecule has 2 rings (SSSR count). The molecule has 1 aliphatic rings. The summed E-state index contributed by atoms with van der Waals surface area (Å²) in [5.41, 5.74) is 1.59. The summed E-state index contributed by atoms with van der Waals surface area (Å²) in [5.74, 6) is 0.0526. The van der Waals surface area contributed by atoms with Crippen molar-refractivity contribution in [3.63, 3.8) is 0 Å². The molecule has 0 spiro atoms. The van der Waals surface area contributed by atoms with Crippen LogP contribution in [0.15, 0.2) is 12.1 Å². The Morgan fingerprint density at radius 2 is 2.08 bits per heavy atom. The number of methoxy groups -OCH3 is 1. The van der Waals surface area contributed by atoms with E-state index in [4.69, 9.17) is 9.47 Å². The summed E-state index contributed by atoms with van der Waals surface area (Å²) in [6.07, 6.45) is 0. The van der Waals surface area contributed by atoms with Crippen LogP contribution in [-0.2, 0) is 20.8 Å². The molecule has 7 nitrogen and oxygen atoms in total. The van der Waals surface area contributed by atoms with Crippen molar-refractivity contribution in [2.24, 2.45) is 0 Å². The van der Waals surface area contributed by atoms with E-state index in [9.17, 15) is 15.0 Å². The molecule has 1 heterocycles. The van der Waals surface area contributed by atoms with E-state index in [0.717, 1.165) is 16.7 Å². The number of aryl methyl sites for hydroxylation is 2. The fourth-order valence-corrected chi connectivity index (χ4v) is 3.08. The molecule has 1 fully saturated rings. The molecule has 1 saturated heterocycles. The topological polar surface area (TPSA) is 91.3 Å². The first-order valence-electron chi connectivity index (χ1n) is 8.40. The third-order valence-electron chi connectivity index (χ3n) is 4.29. The van der Waals surface area contributed by atoms with Gasteiger partial charge in [0.05, 0.1) is 13.2 Å². The van der Waals surface area contributed by atoms with Crippen molar-refractivity contribution in [1.82, 2.24) is 10.2 Å². The number of aromatic hydroxyl groups is 1. The molecule has 1 unspecified atom stereocenters. The highest BCUT2D eigenvalue weighted by Crippen LogP contribution is 2.24. The van der Waals surface area contributed by atoms with Crippen LogP contribution in [0.4, 0.5) is 0 Å². The summed E-state index contributed by atoms with van der Waals surface area (Å²) in [6.45, 7) is 6.23. The molecule has 1 atom stereocenters. The average molecular weight is 352 g/mol. The summed E-state index contributed by atoms with van der Waals surface area (Å²) in [7, 11) is 1.45. The van der Waals surface area contributed by atoms with E-state index >= 15 is 0 Å². The number of hydrogen-bond acceptors (Lipinski definition) is 6. The van der Waals surface area contributed by atoms with Crippen molar-refractivity contribution in [2.45, 2.75) is 26.0 Å². The van der Waals surface area contributed by atoms with Gasteiger partial charge in [0.15, 0.2) is 0 Å². The Morgan fingerprint density at radius 1 is 1.40 bits per heavy atom. The van der Waals surface area contributed by atoms with Gasteiger partial charge in [0.1, 0.15) is 18.0 Å². The fourth-order valence-electron chi connectivity index (χ4n) is 3.08. The van der Waals surface area contributed by atoms with Crippen molar-refractivity contribution < 1.29 is 24.5 Å². The Bertz CT molecular complexity index is 584. The molecule has 0 aromatic heterocycles. The third kappa shape index (κ3) is 5.67. The number of β-amino-alcohol motifs (C(OH)–C–C–N with tert-alkyl or cyclic N) is 1. The maximum absolute atomic E-state index is 11.6. The number of phenols is 1. The average Bonchev–Trinajstić information content (AvgIpc) is 2.73. The third-order valence-corrected chi connectivity index (χ3v) is 4.29. The summed E-state index contributed by atoms with van der Waals surface area (Å²) in [5, 5.41) is 23.4. The SMILES string of the molecule is COCC(=O)NCC1(O)COCCN(Cc2cc(C)c(O)c(C)c2)C1. The number of carbonyl (C=O) groups is 1. The van der Waals surface area contributed by atoms with E-state index in [1.54, 1.807) is 0 Å². The lowest BCUT2D eigenvalue weighted by atomic mass is 10.0. The summed E-state index contributed by atoms with van der Waals surface area (Å²) in [6, 6.07) is 3.90. The number of nitrogens with one attached hydrogen (secondary N) is 1. The van der Waals surface area contributed by atoms with Gasteiger partial charge in [-0.25, -0.2) is 0 Å². The highest BCUT2D eigenvalue weighted by Gasteiger charge is 2.33. The minimum atomic E-state index is -1.15. The van der Waals surface area contributed by atoms with Gasteiger partial charge >= 0.3 is 0 Å². The normalized spacial score (nSPS) is 21.8. The van der Waals surface area contributed by atoms with Crippen LogP contribution in [0.3, 0.4) is 0 Å². The first-order valence-corrected chi connectivity index (χ1v) is 8.40. The number of nitrogens with zero attached hydrogens (tertiary/aromatic N) is 1. The molecular weight excluding hydrogens is 324 g/mol. The monoisotopic (exact) mass is 352 g/mol. The van der Waals surface area contributed by atoms with Crippen LogP contribution in [0.25, 0.3) is 0 Å². The maximum Gasteiger partial charge on any atom is 0.246 e. The summed E-state index contributed by atoms with van der Waals surface area (Å²) >= 11 is 0. The highest BCUT2D eigenvalue weighted by molar-refractivity contribution is 5.77. The number of aliphatic hydroxyl groups is 1. The van der Waals surface area contributed by atoms with Crippen molar-refractivity contribution in [3.8, 4) is 5.75 Å². The predicted molar refractivity (Wildman–Crippen MR) is 93.5 cm³/mol. The van der Waals surface area contributed by atoms with Crippen LogP contribution >= 0.6 is 0 Å². The van der Waals surface area contributed by atoms with Crippen LogP contribution in [0.5, 0.6) is 5.75 Å². The number of carbonyl (C=O) groups excluding carboxylic acids is 1. The smallest absolute Gasteiger partial charge is 0.246 e. The van der Waals surface area contributed by atoms with Gasteiger partial charge in [0.2, 0.25) is 5.91 Å². The Morgan fingerprint density at radius 3 is 2.72 bits per heavy atom. The van der Waals surface area contributed by atoms with Crippen LogP contribution in [-0.4, -0.2) is 73.2 Å². The molecule has 0 saturated carbocycles. The number of amides is 1. The zero-order valence-electron chi connectivity index (χ0n) is 15.2. The quantitative estimate of drug-likeness (QED) is 0.684. The number of benzene rings is 1. The first-order chi connectivity index (χ1) is 11.8. The molecule has 1 aromatic rings. The first kappa shape index (κ1) is 19.7. The van der Waals surface area contributed by atoms with Crippen LogP contribution in [0.1, 0.15) is 16.7 Å². The molecule has 0 radical (unpaired) electrons. The Hall–Kier alpha value is -1.67. The van der Waals surface area contributed by atoms with Crippen molar-refractivity contribution >= 4 is 5.91 Å². The second kappa shape index (κ2) is 8.62. The van der Waals surface area contributed by atoms with Gasteiger partial charge in [-0.15, -0.1) is 0 Å². The molecule has 3 N–H and O–H groups in total. The Labute approximate surface area is 148 Å². The van der Waals surface area contributed by atoms with Gasteiger partial charge in [0, 0.05) is 33.3 Å². The second-order valence-corrected chi connectivity index (χ2v) is 6.78. The van der Waals surface area contributed by atoms with Crippen molar-refractivity contribution in [3.05, 3.63) is 28.8 Å². The highest BCUT2D eigenvalue weighted by atomic mass is 16.5. The van der Waals surface area contributed by atoms with E-state index in [-0.39, 0.29) is 25.7 Å². The predicted octanol–water partition coefficient (Wildman–Crippen LogP) is 0.335. The van der Waals surface area contributed by atoms with Gasteiger partial charge in [-0.3, -0.25) is 9.69 Å². The van der Waals surface area contributed by atoms with Gasteiger partial charge in [-0.1, -0.05) is 12.1 Å². The zero-order chi connectivity index (χ0) is 18.4. The largest absolute Gasteiger partial charge is 0.507 e. The van der Waals surface area contributed by atoms with Crippen molar-refractivity contribution in [2.75, 3.05) is 46.6 Å². The lowest BCUT2D eigenvalue weighted by Gasteiger charge is -2.31. The molecule has 1 aromatic carbocycles. The molecule has 25 heavy (non-hydrogen) atoms. The van der Waals surface area contributed by atoms with E-state index in [1.807, 2.05) is 26.0 Å². The summed E-state index contributed by atoms with van der Waals surface area (Å²) < 4.78 is 10.3. The Kier molecular flexibility index (Phi) is 6.78. The Balaban J connectivity index is 2.02. The second-order valence-electron chi connectivity index (χ2n) is 6.78. The molecule has 140 valence electrons. The van der Waals surface area contributed by atoms with Crippen molar-refractivity contribution in [1.29, 1.82) is 0 Å². The number of hydrogen-bond donors (Lipinski definition) is 3. The molecule has 1 aliphatic heterocycles. The van der Waals surface area contributed by atoms with Gasteiger partial charge < -0.3 is 25.0 Å². The van der Waals surface area contributed by atoms with Gasteiger partial charge in [0.25, 0.3) is 0 Å². The summed E-state index contributed by atoms with van der Waals surface area (Å²) in [4.78, 5) is 13.7. The van der Waals surface area contributed by atoms with Gasteiger partial charge in [-0.05, 0) is 30.5 Å². The minimum absolute atomic E-state index is 0.0350. The lowest BCUT2D eigenvalue weighted by Crippen LogP contribution is -2.52. The number of rotatable bonds is 6. The van der Waals surface area contributed by atoms with Gasteiger partial charge in [-0.2, -0.15) is 0 Å². The molecular formula is C18H28N2O5. The zero-order valence-corrected chi connectivity index (χ0v) is 15.2. The van der Waals surface area contributed by atoms with E-state index < -0.39 is 5.60 Å². The lowest BCUT2D eigenvalue weighted by molar-refractivity contribution is -0.126. The molecule has 1 amide bonds. The van der Waals surface area contributed by atoms with Crippen LogP contribution < -0.4 is 5.32 Å². The van der Waals surface area contributed by atoms with Crippen LogP contribution in [0.2, 0.25) is 0 Å². The molecule has 0 bridgehead atoms. The molecule has 7 heteroatoms. The standard InChI is InChI=1S/C18H28N2O5/c1-13-6-15(7-14(2)17(13)22)8-20-4-5-25-12-18(23,11-20)10-19-16(21)9-24-3/h6-7,22-23H,4-5,8-12H2,1-3H3,(H,19,21). The van der Waals surface area contributed by atoms with E-state index in [2.05, 4.69) is 10.2 Å². The van der Waals surface area contributed by atoms with E-state index in [0.29, 0.717) is 32.0 Å². The van der Waals surface area contributed by atoms with E-state index in [1.165, 1.54) is 7.11 Å². The minimum Gasteiger partial charge on any atom is -0.507 e. The maximum atomic E-state index is 11.6. The number of phenolic OH excluding ortho intramolecular Hbond substituents is 1. The molecule has 0 aliphatic carbocycles. The number of ether oxygens (including phenoxy) is 2.